The number of hydrogen-bond acceptors (Lipinski definition) is 5. The van der Waals surface area contributed by atoms with Crippen LogP contribution in [0.15, 0.2) is 146 Å². The molecule has 1 aliphatic carbocycles. The molecule has 7 rings (SSSR count). The molecule has 6 aromatic rings. The van der Waals surface area contributed by atoms with E-state index in [0.29, 0.717) is 50.4 Å². The highest BCUT2D eigenvalue weighted by Crippen LogP contribution is 2.38. The van der Waals surface area contributed by atoms with Gasteiger partial charge in [0, 0.05) is 33.6 Å². The summed E-state index contributed by atoms with van der Waals surface area (Å²) in [6.45, 7) is 0. The third-order valence-corrected chi connectivity index (χ3v) is 7.81. The first-order chi connectivity index (χ1) is 21.6. The van der Waals surface area contributed by atoms with E-state index in [4.69, 9.17) is 0 Å². The number of rotatable bonds is 7. The zero-order valence-corrected chi connectivity index (χ0v) is 23.6. The van der Waals surface area contributed by atoms with Crippen LogP contribution in [0.4, 0.5) is 22.7 Å². The Labute approximate surface area is 254 Å². The highest BCUT2D eigenvalue weighted by atomic mass is 16.1. The van der Waals surface area contributed by atoms with Crippen molar-refractivity contribution in [2.45, 2.75) is 0 Å². The zero-order chi connectivity index (χ0) is 30.0. The molecule has 0 atom stereocenters. The molecule has 0 saturated carbocycles. The van der Waals surface area contributed by atoms with E-state index in [1.165, 1.54) is 0 Å². The van der Waals surface area contributed by atoms with E-state index in [-0.39, 0.29) is 17.3 Å². The average molecular weight is 571 g/mol. The van der Waals surface area contributed by atoms with Crippen LogP contribution in [0, 0.1) is 0 Å². The number of fused-ring (bicyclic) bond motifs is 2. The molecular formula is C39H26N2O3. The fourth-order valence-electron chi connectivity index (χ4n) is 5.58. The monoisotopic (exact) mass is 570 g/mol. The van der Waals surface area contributed by atoms with Gasteiger partial charge in [0.15, 0.2) is 17.3 Å². The molecule has 6 aromatic carbocycles. The Bertz CT molecular complexity index is 2030. The molecule has 0 fully saturated rings. The molecule has 0 heterocycles. The molecule has 0 unspecified atom stereocenters. The topological polar surface area (TPSA) is 75.3 Å². The number of carbonyl (C=O) groups excluding carboxylic acids is 3. The summed E-state index contributed by atoms with van der Waals surface area (Å²) < 4.78 is 0. The van der Waals surface area contributed by atoms with Gasteiger partial charge >= 0.3 is 0 Å². The predicted molar refractivity (Wildman–Crippen MR) is 175 cm³/mol. The molecule has 0 aromatic heterocycles. The van der Waals surface area contributed by atoms with Crippen LogP contribution in [0.3, 0.4) is 0 Å². The molecule has 5 nitrogen and oxygen atoms in total. The normalized spacial score (nSPS) is 11.8. The minimum absolute atomic E-state index is 0.0812. The van der Waals surface area contributed by atoms with E-state index in [9.17, 15) is 14.4 Å². The first kappa shape index (κ1) is 26.8. The second kappa shape index (κ2) is 11.3. The maximum absolute atomic E-state index is 13.8. The van der Waals surface area contributed by atoms with Crippen molar-refractivity contribution < 1.29 is 14.4 Å². The molecule has 0 aliphatic heterocycles. The van der Waals surface area contributed by atoms with Crippen molar-refractivity contribution in [3.8, 4) is 11.1 Å². The van der Waals surface area contributed by atoms with Crippen LogP contribution in [0.2, 0.25) is 0 Å². The number of benzene rings is 6. The summed E-state index contributed by atoms with van der Waals surface area (Å²) in [4.78, 5) is 40.8. The van der Waals surface area contributed by atoms with Gasteiger partial charge in [-0.15, -0.1) is 0 Å². The molecule has 0 saturated heterocycles. The van der Waals surface area contributed by atoms with Gasteiger partial charge in [0.2, 0.25) is 0 Å². The highest BCUT2D eigenvalue weighted by Gasteiger charge is 2.34. The van der Waals surface area contributed by atoms with Crippen LogP contribution in [0.5, 0.6) is 0 Å². The summed E-state index contributed by atoms with van der Waals surface area (Å²) in [6.07, 6.45) is 0. The summed E-state index contributed by atoms with van der Waals surface area (Å²) in [7, 11) is 0. The molecule has 2 N–H and O–H groups in total. The lowest BCUT2D eigenvalue weighted by Gasteiger charge is -2.24. The van der Waals surface area contributed by atoms with Crippen molar-refractivity contribution in [3.05, 3.63) is 179 Å². The van der Waals surface area contributed by atoms with Crippen LogP contribution in [-0.2, 0) is 0 Å². The standard InChI is InChI=1S/C39H26N2O3/c42-37(27-17-15-26(16-18-27)25-9-3-1-4-10-25)28-19-21-30(22-20-28)41-34-24-23-33(40-29-11-5-2-6-12-29)35-36(34)39(44)32-14-8-7-13-31(32)38(35)43/h1-24,40-41H. The minimum atomic E-state index is -0.222. The third-order valence-electron chi connectivity index (χ3n) is 7.81. The Morgan fingerprint density at radius 1 is 0.409 bits per heavy atom. The third kappa shape index (κ3) is 4.97. The minimum Gasteiger partial charge on any atom is -0.355 e. The molecule has 44 heavy (non-hydrogen) atoms. The van der Waals surface area contributed by atoms with Gasteiger partial charge in [-0.25, -0.2) is 0 Å². The van der Waals surface area contributed by atoms with Gasteiger partial charge in [-0.2, -0.15) is 0 Å². The van der Waals surface area contributed by atoms with Crippen molar-refractivity contribution in [3.63, 3.8) is 0 Å². The molecule has 0 radical (unpaired) electrons. The number of carbonyl (C=O) groups is 3. The van der Waals surface area contributed by atoms with E-state index in [0.717, 1.165) is 16.8 Å². The Kier molecular flexibility index (Phi) is 6.89. The number of anilines is 4. The second-order valence-corrected chi connectivity index (χ2v) is 10.6. The van der Waals surface area contributed by atoms with Gasteiger partial charge in [0.05, 0.1) is 22.5 Å². The molecule has 0 bridgehead atoms. The Morgan fingerprint density at radius 2 is 0.818 bits per heavy atom. The second-order valence-electron chi connectivity index (χ2n) is 10.6. The van der Waals surface area contributed by atoms with Crippen molar-refractivity contribution in [2.75, 3.05) is 10.6 Å². The molecule has 210 valence electrons. The van der Waals surface area contributed by atoms with Crippen LogP contribution >= 0.6 is 0 Å². The summed E-state index contributed by atoms with van der Waals surface area (Å²) in [5, 5.41) is 6.64. The fraction of sp³-hybridized carbons (Fsp3) is 0. The Hall–Kier alpha value is -6.07. The fourth-order valence-corrected chi connectivity index (χ4v) is 5.58. The summed E-state index contributed by atoms with van der Waals surface area (Å²) in [6, 6.07) is 44.8. The summed E-state index contributed by atoms with van der Waals surface area (Å²) in [5.74, 6) is -0.515. The van der Waals surface area contributed by atoms with Crippen molar-refractivity contribution >= 4 is 40.1 Å². The van der Waals surface area contributed by atoms with Crippen molar-refractivity contribution in [2.24, 2.45) is 0 Å². The SMILES string of the molecule is O=C(c1ccc(Nc2ccc(Nc3ccccc3)c3c2C(=O)c2ccccc2C3=O)cc1)c1ccc(-c2ccccc2)cc1. The summed E-state index contributed by atoms with van der Waals surface area (Å²) >= 11 is 0. The van der Waals surface area contributed by atoms with E-state index >= 15 is 0 Å². The first-order valence-electron chi connectivity index (χ1n) is 14.3. The number of hydrogen-bond donors (Lipinski definition) is 2. The molecule has 1 aliphatic rings. The van der Waals surface area contributed by atoms with Crippen LogP contribution in [0.1, 0.15) is 47.8 Å². The van der Waals surface area contributed by atoms with Gasteiger partial charge in [-0.1, -0.05) is 97.1 Å². The zero-order valence-electron chi connectivity index (χ0n) is 23.6. The lowest BCUT2D eigenvalue weighted by Crippen LogP contribution is -2.23. The maximum Gasteiger partial charge on any atom is 0.196 e. The van der Waals surface area contributed by atoms with Gasteiger partial charge in [-0.05, 0) is 59.7 Å². The molecule has 0 amide bonds. The van der Waals surface area contributed by atoms with Gasteiger partial charge in [0.1, 0.15) is 0 Å². The number of nitrogens with one attached hydrogen (secondary N) is 2. The van der Waals surface area contributed by atoms with Gasteiger partial charge in [-0.3, -0.25) is 14.4 Å². The smallest absolute Gasteiger partial charge is 0.196 e. The van der Waals surface area contributed by atoms with Crippen LogP contribution in [-0.4, -0.2) is 17.3 Å². The van der Waals surface area contributed by atoms with E-state index in [1.54, 1.807) is 54.6 Å². The number of para-hydroxylation sites is 1. The van der Waals surface area contributed by atoms with E-state index < -0.39 is 0 Å². The largest absolute Gasteiger partial charge is 0.355 e. The van der Waals surface area contributed by atoms with Crippen molar-refractivity contribution in [1.29, 1.82) is 0 Å². The maximum atomic E-state index is 13.8. The van der Waals surface area contributed by atoms with E-state index in [2.05, 4.69) is 10.6 Å². The highest BCUT2D eigenvalue weighted by molar-refractivity contribution is 6.32. The Morgan fingerprint density at radius 3 is 1.34 bits per heavy atom. The van der Waals surface area contributed by atoms with Crippen LogP contribution in [0.25, 0.3) is 11.1 Å². The summed E-state index contributed by atoms with van der Waals surface area (Å²) in [5.41, 5.74) is 7.27. The molecule has 5 heteroatoms. The molecular weight excluding hydrogens is 544 g/mol. The average Bonchev–Trinajstić information content (AvgIpc) is 3.09. The Balaban J connectivity index is 1.18. The van der Waals surface area contributed by atoms with E-state index in [1.807, 2.05) is 91.0 Å². The van der Waals surface area contributed by atoms with Gasteiger partial charge in [0.25, 0.3) is 0 Å². The van der Waals surface area contributed by atoms with Crippen LogP contribution < -0.4 is 10.6 Å². The lowest BCUT2D eigenvalue weighted by atomic mass is 9.82. The first-order valence-corrected chi connectivity index (χ1v) is 14.3. The van der Waals surface area contributed by atoms with Crippen molar-refractivity contribution in [1.82, 2.24) is 0 Å². The number of ketones is 3. The lowest BCUT2D eigenvalue weighted by molar-refractivity contribution is 0.0980. The molecule has 0 spiro atoms. The van der Waals surface area contributed by atoms with Gasteiger partial charge < -0.3 is 10.6 Å². The quantitative estimate of drug-likeness (QED) is 0.187. The predicted octanol–water partition coefficient (Wildman–Crippen LogP) is 8.85.